The van der Waals surface area contributed by atoms with Crippen molar-refractivity contribution < 1.29 is 23.7 Å². The van der Waals surface area contributed by atoms with E-state index in [0.29, 0.717) is 33.0 Å². The third kappa shape index (κ3) is 6.79. The van der Waals surface area contributed by atoms with Gasteiger partial charge in [0.1, 0.15) is 12.5 Å². The lowest BCUT2D eigenvalue weighted by molar-refractivity contribution is -0.146. The van der Waals surface area contributed by atoms with E-state index in [1.165, 1.54) is 0 Å². The molecule has 6 heteroatoms. The van der Waals surface area contributed by atoms with Crippen molar-refractivity contribution in [1.82, 2.24) is 4.98 Å². The number of carbonyl (C=O) groups excluding carboxylic acids is 1. The normalized spacial score (nSPS) is 12.4. The van der Waals surface area contributed by atoms with Gasteiger partial charge in [0.2, 0.25) is 0 Å². The molecule has 0 aliphatic rings. The number of methoxy groups -OCH3 is 1. The van der Waals surface area contributed by atoms with E-state index in [4.69, 9.17) is 18.9 Å². The van der Waals surface area contributed by atoms with Crippen molar-refractivity contribution >= 4 is 22.9 Å². The number of esters is 1. The van der Waals surface area contributed by atoms with Crippen LogP contribution < -0.4 is 0 Å². The van der Waals surface area contributed by atoms with E-state index in [1.54, 1.807) is 7.11 Å². The number of nitrogens with one attached hydrogen (secondary N) is 1. The van der Waals surface area contributed by atoms with Crippen LogP contribution in [-0.4, -0.2) is 57.7 Å². The van der Waals surface area contributed by atoms with E-state index in [2.05, 4.69) is 11.1 Å². The summed E-state index contributed by atoms with van der Waals surface area (Å²) in [7, 11) is 1.63. The Morgan fingerprint density at radius 3 is 2.28 bits per heavy atom. The summed E-state index contributed by atoms with van der Waals surface area (Å²) in [6.45, 7) is 4.55. The van der Waals surface area contributed by atoms with E-state index in [0.717, 1.165) is 27.7 Å². The third-order valence-electron chi connectivity index (χ3n) is 5.13. The largest absolute Gasteiger partial charge is 0.462 e. The highest BCUT2D eigenvalue weighted by atomic mass is 16.6. The molecular weight excluding hydrogens is 406 g/mol. The Labute approximate surface area is 189 Å². The van der Waals surface area contributed by atoms with Gasteiger partial charge in [-0.15, -0.1) is 0 Å². The topological polar surface area (TPSA) is 69.8 Å². The van der Waals surface area contributed by atoms with Gasteiger partial charge in [0.15, 0.2) is 0 Å². The van der Waals surface area contributed by atoms with Gasteiger partial charge in [-0.2, -0.15) is 0 Å². The monoisotopic (exact) mass is 437 g/mol. The van der Waals surface area contributed by atoms with Crippen molar-refractivity contribution in [3.63, 3.8) is 0 Å². The Bertz CT molecular complexity index is 996. The van der Waals surface area contributed by atoms with E-state index in [9.17, 15) is 4.79 Å². The molecule has 3 aromatic rings. The summed E-state index contributed by atoms with van der Waals surface area (Å²) >= 11 is 0. The maximum Gasteiger partial charge on any atom is 0.318 e. The minimum Gasteiger partial charge on any atom is -0.462 e. The zero-order valence-electron chi connectivity index (χ0n) is 18.7. The Hall–Kier alpha value is -2.93. The lowest BCUT2D eigenvalue weighted by Crippen LogP contribution is -2.19. The quantitative estimate of drug-likeness (QED) is 0.315. The van der Waals surface area contributed by atoms with Crippen LogP contribution in [0, 0.1) is 6.92 Å². The first-order valence-corrected chi connectivity index (χ1v) is 10.8. The Morgan fingerprint density at radius 2 is 1.56 bits per heavy atom. The molecule has 32 heavy (non-hydrogen) atoms. The fraction of sp³-hybridized carbons (Fsp3) is 0.346. The lowest BCUT2D eigenvalue weighted by Gasteiger charge is -2.13. The van der Waals surface area contributed by atoms with Crippen LogP contribution in [0.15, 0.2) is 60.7 Å². The molecule has 0 bridgehead atoms. The molecule has 6 nitrogen and oxygen atoms in total. The van der Waals surface area contributed by atoms with E-state index < -0.39 is 5.92 Å². The zero-order chi connectivity index (χ0) is 22.6. The number of hydrogen-bond acceptors (Lipinski definition) is 5. The van der Waals surface area contributed by atoms with Crippen molar-refractivity contribution in [3.05, 3.63) is 77.5 Å². The number of aryl methyl sites for hydroxylation is 1. The second-order valence-electron chi connectivity index (χ2n) is 7.34. The first-order valence-electron chi connectivity index (χ1n) is 10.8. The van der Waals surface area contributed by atoms with E-state index in [1.807, 2.05) is 67.6 Å². The number of aromatic nitrogens is 1. The molecule has 0 radical (unpaired) electrons. The number of H-pyrrole nitrogens is 1. The lowest BCUT2D eigenvalue weighted by atomic mass is 9.99. The van der Waals surface area contributed by atoms with Crippen molar-refractivity contribution in [2.75, 3.05) is 46.8 Å². The highest BCUT2D eigenvalue weighted by molar-refractivity contribution is 5.89. The van der Waals surface area contributed by atoms with E-state index in [-0.39, 0.29) is 12.6 Å². The van der Waals surface area contributed by atoms with Crippen LogP contribution in [0.25, 0.3) is 17.0 Å². The van der Waals surface area contributed by atoms with Gasteiger partial charge >= 0.3 is 5.97 Å². The van der Waals surface area contributed by atoms with Crippen molar-refractivity contribution in [2.24, 2.45) is 0 Å². The molecule has 1 atom stereocenters. The van der Waals surface area contributed by atoms with Gasteiger partial charge in [-0.05, 0) is 24.1 Å². The van der Waals surface area contributed by atoms with Crippen LogP contribution in [0.1, 0.15) is 22.7 Å². The SMILES string of the molecule is COCCOCCOCCOC(=O)C(/C=C/c1ccccc1)c1[nH]c2ccccc2c1C. The number of fused-ring (bicyclic) bond motifs is 1. The van der Waals surface area contributed by atoms with Crippen LogP contribution >= 0.6 is 0 Å². The molecule has 3 rings (SSSR count). The molecule has 0 aliphatic carbocycles. The molecule has 0 amide bonds. The number of hydrogen-bond donors (Lipinski definition) is 1. The molecule has 2 aromatic carbocycles. The summed E-state index contributed by atoms with van der Waals surface area (Å²) in [6.07, 6.45) is 3.84. The Kier molecular flexibility index (Phi) is 9.50. The molecular formula is C26H31NO5. The first kappa shape index (κ1) is 23.7. The summed E-state index contributed by atoms with van der Waals surface area (Å²) in [4.78, 5) is 16.4. The number of ether oxygens (including phenoxy) is 4. The van der Waals surface area contributed by atoms with Crippen LogP contribution in [-0.2, 0) is 23.7 Å². The molecule has 0 saturated carbocycles. The first-order chi connectivity index (χ1) is 15.7. The fourth-order valence-electron chi connectivity index (χ4n) is 3.43. The standard InChI is InChI=1S/C26H31NO5/c1-20-22-10-6-7-11-24(22)27-25(20)23(13-12-21-8-4-3-5-9-21)26(28)32-19-18-31-17-16-30-15-14-29-2/h3-13,23,27H,14-19H2,1-2H3/b13-12+. The van der Waals surface area contributed by atoms with Crippen LogP contribution in [0.4, 0.5) is 0 Å². The van der Waals surface area contributed by atoms with Crippen molar-refractivity contribution in [1.29, 1.82) is 0 Å². The Balaban J connectivity index is 1.63. The minimum atomic E-state index is -0.542. The third-order valence-corrected chi connectivity index (χ3v) is 5.13. The zero-order valence-corrected chi connectivity index (χ0v) is 18.7. The molecule has 170 valence electrons. The fourth-order valence-corrected chi connectivity index (χ4v) is 3.43. The number of rotatable bonds is 13. The predicted octanol–water partition coefficient (Wildman–Crippen LogP) is 4.50. The Morgan fingerprint density at radius 1 is 0.906 bits per heavy atom. The van der Waals surface area contributed by atoms with Crippen molar-refractivity contribution in [3.8, 4) is 0 Å². The minimum absolute atomic E-state index is 0.186. The summed E-state index contributed by atoms with van der Waals surface area (Å²) in [5.74, 6) is -0.855. The maximum atomic E-state index is 13.0. The molecule has 0 fully saturated rings. The van der Waals surface area contributed by atoms with Gasteiger partial charge in [0.25, 0.3) is 0 Å². The second kappa shape index (κ2) is 12.8. The van der Waals surface area contributed by atoms with Gasteiger partial charge < -0.3 is 23.9 Å². The van der Waals surface area contributed by atoms with Crippen molar-refractivity contribution in [2.45, 2.75) is 12.8 Å². The summed E-state index contributed by atoms with van der Waals surface area (Å²) in [5.41, 5.74) is 3.92. The van der Waals surface area contributed by atoms with Gasteiger partial charge in [-0.25, -0.2) is 0 Å². The highest BCUT2D eigenvalue weighted by Gasteiger charge is 2.24. The van der Waals surface area contributed by atoms with Gasteiger partial charge in [-0.1, -0.05) is 60.7 Å². The molecule has 0 aliphatic heterocycles. The number of para-hydroxylation sites is 1. The number of aromatic amines is 1. The predicted molar refractivity (Wildman–Crippen MR) is 126 cm³/mol. The second-order valence-corrected chi connectivity index (χ2v) is 7.34. The van der Waals surface area contributed by atoms with Crippen LogP contribution in [0.3, 0.4) is 0 Å². The van der Waals surface area contributed by atoms with Gasteiger partial charge in [0.05, 0.1) is 33.0 Å². The van der Waals surface area contributed by atoms with Gasteiger partial charge in [-0.3, -0.25) is 4.79 Å². The average Bonchev–Trinajstić information content (AvgIpc) is 3.15. The number of carbonyl (C=O) groups is 1. The smallest absolute Gasteiger partial charge is 0.318 e. The molecule has 1 aromatic heterocycles. The molecule has 1 heterocycles. The maximum absolute atomic E-state index is 13.0. The van der Waals surface area contributed by atoms with Gasteiger partial charge in [0, 0.05) is 23.7 Å². The van der Waals surface area contributed by atoms with Crippen LogP contribution in [0.2, 0.25) is 0 Å². The summed E-state index contributed by atoms with van der Waals surface area (Å²) in [5, 5.41) is 1.10. The molecule has 1 unspecified atom stereocenters. The van der Waals surface area contributed by atoms with E-state index >= 15 is 0 Å². The molecule has 0 saturated heterocycles. The number of benzene rings is 2. The molecule has 1 N–H and O–H groups in total. The summed E-state index contributed by atoms with van der Waals surface area (Å²) in [6, 6.07) is 17.9. The highest BCUT2D eigenvalue weighted by Crippen LogP contribution is 2.29. The average molecular weight is 438 g/mol. The van der Waals surface area contributed by atoms with Crippen LogP contribution in [0.5, 0.6) is 0 Å². The molecule has 0 spiro atoms. The summed E-state index contributed by atoms with van der Waals surface area (Å²) < 4.78 is 21.3.